The fraction of sp³-hybridized carbons (Fsp3) is 0.800. The third kappa shape index (κ3) is 3.93. The van der Waals surface area contributed by atoms with Gasteiger partial charge in [0.2, 0.25) is 0 Å². The van der Waals surface area contributed by atoms with Crippen LogP contribution >= 0.6 is 0 Å². The molecule has 0 saturated carbocycles. The Morgan fingerprint density at radius 1 is 1.89 bits per heavy atom. The van der Waals surface area contributed by atoms with Gasteiger partial charge in [-0.15, -0.1) is 0 Å². The van der Waals surface area contributed by atoms with Crippen molar-refractivity contribution in [2.45, 2.75) is 13.0 Å². The molecule has 0 aliphatic carbocycles. The van der Waals surface area contributed by atoms with Gasteiger partial charge in [0.15, 0.2) is 0 Å². The molecule has 2 N–H and O–H groups in total. The van der Waals surface area contributed by atoms with E-state index in [-0.39, 0.29) is 6.73 Å². The van der Waals surface area contributed by atoms with Gasteiger partial charge in [0.1, 0.15) is 6.04 Å². The predicted molar refractivity (Wildman–Crippen MR) is 32.1 cm³/mol. The van der Waals surface area contributed by atoms with Crippen LogP contribution in [0.4, 0.5) is 0 Å². The highest BCUT2D eigenvalue weighted by Gasteiger charge is 2.07. The molecule has 0 aliphatic rings. The minimum Gasteiger partial charge on any atom is -0.480 e. The first-order chi connectivity index (χ1) is 4.18. The number of nitrogens with one attached hydrogen (secondary N) is 1. The molecule has 0 radical (unpaired) electrons. The number of ether oxygens (including phenoxy) is 1. The average Bonchev–Trinajstić information content (AvgIpc) is 1.82. The van der Waals surface area contributed by atoms with Crippen molar-refractivity contribution in [3.8, 4) is 0 Å². The molecule has 4 heteroatoms. The van der Waals surface area contributed by atoms with Gasteiger partial charge in [-0.3, -0.25) is 10.1 Å². The summed E-state index contributed by atoms with van der Waals surface area (Å²) in [5, 5.41) is 10.9. The summed E-state index contributed by atoms with van der Waals surface area (Å²) in [4.78, 5) is 10.1. The predicted octanol–water partition coefficient (Wildman–Crippen LogP) is -0.347. The Bertz CT molecular complexity index is 94.2. The Hall–Kier alpha value is -0.610. The molecular formula is C5H11NO3. The molecule has 0 aromatic rings. The molecule has 0 aromatic heterocycles. The summed E-state index contributed by atoms with van der Waals surface area (Å²) in [7, 11) is 1.50. The van der Waals surface area contributed by atoms with Gasteiger partial charge in [-0.25, -0.2) is 0 Å². The Morgan fingerprint density at radius 2 is 2.44 bits per heavy atom. The van der Waals surface area contributed by atoms with Crippen LogP contribution < -0.4 is 5.32 Å². The molecule has 0 saturated heterocycles. The summed E-state index contributed by atoms with van der Waals surface area (Å²) in [5.74, 6) is -0.868. The molecule has 0 bridgehead atoms. The van der Waals surface area contributed by atoms with Crippen LogP contribution in [0.15, 0.2) is 0 Å². The van der Waals surface area contributed by atoms with E-state index in [1.165, 1.54) is 7.11 Å². The second-order valence-electron chi connectivity index (χ2n) is 1.70. The summed E-state index contributed by atoms with van der Waals surface area (Å²) in [6.07, 6.45) is 0. The highest BCUT2D eigenvalue weighted by molar-refractivity contribution is 5.72. The van der Waals surface area contributed by atoms with Crippen molar-refractivity contribution in [2.24, 2.45) is 0 Å². The molecule has 54 valence electrons. The molecule has 9 heavy (non-hydrogen) atoms. The number of methoxy groups -OCH3 is 1. The maximum Gasteiger partial charge on any atom is 0.320 e. The van der Waals surface area contributed by atoms with E-state index >= 15 is 0 Å². The first-order valence-electron chi connectivity index (χ1n) is 2.63. The van der Waals surface area contributed by atoms with Crippen LogP contribution in [-0.4, -0.2) is 31.0 Å². The summed E-state index contributed by atoms with van der Waals surface area (Å²) in [5.41, 5.74) is 0. The van der Waals surface area contributed by atoms with Gasteiger partial charge in [0, 0.05) is 7.11 Å². The lowest BCUT2D eigenvalue weighted by atomic mass is 10.4. The Balaban J connectivity index is 3.27. The van der Waals surface area contributed by atoms with Crippen molar-refractivity contribution in [2.75, 3.05) is 13.8 Å². The molecule has 1 atom stereocenters. The summed E-state index contributed by atoms with van der Waals surface area (Å²) < 4.78 is 4.59. The third-order valence-electron chi connectivity index (χ3n) is 0.904. The number of carboxylic acid groups (broad SMARTS) is 1. The van der Waals surface area contributed by atoms with E-state index in [0.717, 1.165) is 0 Å². The van der Waals surface area contributed by atoms with Crippen LogP contribution in [0.1, 0.15) is 6.92 Å². The van der Waals surface area contributed by atoms with Crippen LogP contribution in [0, 0.1) is 0 Å². The van der Waals surface area contributed by atoms with Crippen molar-refractivity contribution in [1.82, 2.24) is 5.32 Å². The van der Waals surface area contributed by atoms with Crippen molar-refractivity contribution in [3.63, 3.8) is 0 Å². The van der Waals surface area contributed by atoms with Crippen LogP contribution in [0.25, 0.3) is 0 Å². The van der Waals surface area contributed by atoms with Crippen LogP contribution in [-0.2, 0) is 9.53 Å². The second-order valence-corrected chi connectivity index (χ2v) is 1.70. The normalized spacial score (nSPS) is 13.1. The molecular weight excluding hydrogens is 122 g/mol. The molecule has 4 nitrogen and oxygen atoms in total. The molecule has 0 spiro atoms. The second kappa shape index (κ2) is 4.29. The Labute approximate surface area is 53.8 Å². The van der Waals surface area contributed by atoms with E-state index in [4.69, 9.17) is 5.11 Å². The third-order valence-corrected chi connectivity index (χ3v) is 0.904. The summed E-state index contributed by atoms with van der Waals surface area (Å²) in [6, 6.07) is -0.537. The maximum atomic E-state index is 10.1. The van der Waals surface area contributed by atoms with Crippen molar-refractivity contribution in [1.29, 1.82) is 0 Å². The van der Waals surface area contributed by atoms with Gasteiger partial charge < -0.3 is 9.84 Å². The number of carboxylic acids is 1. The quantitative estimate of drug-likeness (QED) is 0.515. The number of carbonyl (C=O) groups is 1. The zero-order chi connectivity index (χ0) is 7.28. The minimum atomic E-state index is -0.868. The molecule has 0 aliphatic heterocycles. The van der Waals surface area contributed by atoms with Gasteiger partial charge in [-0.2, -0.15) is 0 Å². The van der Waals surface area contributed by atoms with E-state index in [1.54, 1.807) is 6.92 Å². The highest BCUT2D eigenvalue weighted by atomic mass is 16.5. The van der Waals surface area contributed by atoms with Crippen LogP contribution in [0.3, 0.4) is 0 Å². The van der Waals surface area contributed by atoms with Crippen LogP contribution in [0.5, 0.6) is 0 Å². The molecule has 0 rings (SSSR count). The van der Waals surface area contributed by atoms with Gasteiger partial charge in [-0.1, -0.05) is 0 Å². The topological polar surface area (TPSA) is 58.6 Å². The minimum absolute atomic E-state index is 0.271. The summed E-state index contributed by atoms with van der Waals surface area (Å²) >= 11 is 0. The van der Waals surface area contributed by atoms with E-state index in [0.29, 0.717) is 0 Å². The molecule has 0 heterocycles. The SMILES string of the molecule is COCNC(C)C(=O)O. The van der Waals surface area contributed by atoms with Crippen molar-refractivity contribution in [3.05, 3.63) is 0 Å². The zero-order valence-electron chi connectivity index (χ0n) is 5.55. The van der Waals surface area contributed by atoms with Gasteiger partial charge >= 0.3 is 5.97 Å². The largest absolute Gasteiger partial charge is 0.480 e. The van der Waals surface area contributed by atoms with E-state index in [9.17, 15) is 4.79 Å². The van der Waals surface area contributed by atoms with Crippen LogP contribution in [0.2, 0.25) is 0 Å². The van der Waals surface area contributed by atoms with E-state index in [1.807, 2.05) is 0 Å². The zero-order valence-corrected chi connectivity index (χ0v) is 5.55. The molecule has 0 amide bonds. The monoisotopic (exact) mass is 133 g/mol. The maximum absolute atomic E-state index is 10.1. The fourth-order valence-electron chi connectivity index (χ4n) is 0.296. The van der Waals surface area contributed by atoms with E-state index in [2.05, 4.69) is 10.1 Å². The lowest BCUT2D eigenvalue weighted by molar-refractivity contribution is -0.139. The standard InChI is InChI=1S/C5H11NO3/c1-4(5(7)8)6-3-9-2/h4,6H,3H2,1-2H3,(H,7,8). The number of aliphatic carboxylic acids is 1. The Kier molecular flexibility index (Phi) is 4.00. The van der Waals surface area contributed by atoms with E-state index < -0.39 is 12.0 Å². The lowest BCUT2D eigenvalue weighted by Gasteiger charge is -2.05. The number of rotatable bonds is 4. The average molecular weight is 133 g/mol. The number of hydrogen-bond donors (Lipinski definition) is 2. The first-order valence-corrected chi connectivity index (χ1v) is 2.63. The summed E-state index contributed by atoms with van der Waals surface area (Å²) in [6.45, 7) is 1.83. The lowest BCUT2D eigenvalue weighted by Crippen LogP contribution is -2.34. The first kappa shape index (κ1) is 8.39. The molecule has 0 fully saturated rings. The molecule has 0 aromatic carbocycles. The highest BCUT2D eigenvalue weighted by Crippen LogP contribution is 1.78. The van der Waals surface area contributed by atoms with Gasteiger partial charge in [0.05, 0.1) is 6.73 Å². The van der Waals surface area contributed by atoms with Crippen molar-refractivity contribution < 1.29 is 14.6 Å². The number of hydrogen-bond acceptors (Lipinski definition) is 3. The van der Waals surface area contributed by atoms with Gasteiger partial charge in [0.25, 0.3) is 0 Å². The molecule has 1 unspecified atom stereocenters. The Morgan fingerprint density at radius 3 is 2.78 bits per heavy atom. The van der Waals surface area contributed by atoms with Gasteiger partial charge in [-0.05, 0) is 6.92 Å². The smallest absolute Gasteiger partial charge is 0.320 e. The fourth-order valence-corrected chi connectivity index (χ4v) is 0.296. The van der Waals surface area contributed by atoms with Crippen molar-refractivity contribution >= 4 is 5.97 Å².